The summed E-state index contributed by atoms with van der Waals surface area (Å²) in [5.74, 6) is 0. The van der Waals surface area contributed by atoms with Crippen molar-refractivity contribution in [2.24, 2.45) is 0 Å². The quantitative estimate of drug-likeness (QED) is 0.874. The molecule has 130 valence electrons. The fourth-order valence-electron chi connectivity index (χ4n) is 3.90. The second kappa shape index (κ2) is 6.59. The first-order chi connectivity index (χ1) is 11.0. The molecule has 1 aromatic heterocycles. The maximum atomic E-state index is 12.9. The van der Waals surface area contributed by atoms with Crippen molar-refractivity contribution in [3.8, 4) is 0 Å². The van der Waals surface area contributed by atoms with E-state index in [1.165, 1.54) is 0 Å². The fraction of sp³-hybridized carbons (Fsp3) is 0.471. The Balaban J connectivity index is 0.00000169. The SMILES string of the molecule is Cc1cnc2c(S(=O)(=O)NC3CC4CCC(C3)N4)cccc2c1.Cl. The number of nitrogens with zero attached hydrogens (tertiary/aromatic N) is 1. The van der Waals surface area contributed by atoms with Crippen LogP contribution < -0.4 is 10.0 Å². The van der Waals surface area contributed by atoms with Crippen molar-refractivity contribution in [2.75, 3.05) is 0 Å². The van der Waals surface area contributed by atoms with E-state index < -0.39 is 10.0 Å². The van der Waals surface area contributed by atoms with Crippen LogP contribution in [0.4, 0.5) is 0 Å². The minimum absolute atomic E-state index is 0. The van der Waals surface area contributed by atoms with Gasteiger partial charge in [-0.1, -0.05) is 12.1 Å². The first-order valence-electron chi connectivity index (χ1n) is 8.15. The zero-order valence-electron chi connectivity index (χ0n) is 13.5. The van der Waals surface area contributed by atoms with Crippen LogP contribution in [-0.4, -0.2) is 31.5 Å². The van der Waals surface area contributed by atoms with Crippen molar-refractivity contribution < 1.29 is 8.42 Å². The lowest BCUT2D eigenvalue weighted by atomic mass is 10.0. The lowest BCUT2D eigenvalue weighted by Gasteiger charge is -2.29. The van der Waals surface area contributed by atoms with Gasteiger partial charge >= 0.3 is 0 Å². The van der Waals surface area contributed by atoms with Crippen molar-refractivity contribution in [3.05, 3.63) is 36.0 Å². The van der Waals surface area contributed by atoms with Crippen molar-refractivity contribution in [3.63, 3.8) is 0 Å². The van der Waals surface area contributed by atoms with Gasteiger partial charge in [-0.05, 0) is 50.3 Å². The molecule has 24 heavy (non-hydrogen) atoms. The van der Waals surface area contributed by atoms with Gasteiger partial charge in [-0.2, -0.15) is 0 Å². The van der Waals surface area contributed by atoms with E-state index in [1.54, 1.807) is 18.3 Å². The number of halogens is 1. The zero-order chi connectivity index (χ0) is 16.0. The number of nitrogens with one attached hydrogen (secondary N) is 2. The van der Waals surface area contributed by atoms with Crippen LogP contribution in [0, 0.1) is 6.92 Å². The molecule has 2 saturated heterocycles. The number of aromatic nitrogens is 1. The van der Waals surface area contributed by atoms with E-state index >= 15 is 0 Å². The molecule has 0 aliphatic carbocycles. The summed E-state index contributed by atoms with van der Waals surface area (Å²) in [6.45, 7) is 1.96. The third-order valence-electron chi connectivity index (χ3n) is 4.90. The average molecular weight is 368 g/mol. The van der Waals surface area contributed by atoms with Gasteiger partial charge in [-0.15, -0.1) is 12.4 Å². The number of benzene rings is 1. The van der Waals surface area contributed by atoms with Gasteiger partial charge in [0.25, 0.3) is 0 Å². The van der Waals surface area contributed by atoms with Gasteiger partial charge in [0.15, 0.2) is 0 Å². The third kappa shape index (κ3) is 3.28. The minimum atomic E-state index is -3.56. The molecule has 2 unspecified atom stereocenters. The number of hydrogen-bond donors (Lipinski definition) is 2. The summed E-state index contributed by atoms with van der Waals surface area (Å²) in [5.41, 5.74) is 1.57. The molecule has 2 aliphatic heterocycles. The Morgan fingerprint density at radius 3 is 2.62 bits per heavy atom. The molecule has 3 heterocycles. The summed E-state index contributed by atoms with van der Waals surface area (Å²) in [7, 11) is -3.56. The maximum absolute atomic E-state index is 12.9. The van der Waals surface area contributed by atoms with E-state index in [9.17, 15) is 8.42 Å². The highest BCUT2D eigenvalue weighted by Gasteiger charge is 2.35. The van der Waals surface area contributed by atoms with E-state index in [2.05, 4.69) is 15.0 Å². The second-order valence-corrected chi connectivity index (χ2v) is 8.45. The van der Waals surface area contributed by atoms with E-state index in [4.69, 9.17) is 0 Å². The summed E-state index contributed by atoms with van der Waals surface area (Å²) in [6.07, 6.45) is 5.75. The van der Waals surface area contributed by atoms with E-state index in [0.717, 1.165) is 36.6 Å². The number of fused-ring (bicyclic) bond motifs is 3. The molecule has 2 bridgehead atoms. The van der Waals surface area contributed by atoms with E-state index in [-0.39, 0.29) is 23.3 Å². The van der Waals surface area contributed by atoms with Crippen LogP contribution in [-0.2, 0) is 10.0 Å². The molecule has 0 spiro atoms. The molecule has 0 radical (unpaired) electrons. The molecule has 2 aromatic rings. The molecule has 2 fully saturated rings. The lowest BCUT2D eigenvalue weighted by molar-refractivity contribution is 0.345. The molecule has 5 nitrogen and oxygen atoms in total. The normalized spacial score (nSPS) is 26.3. The lowest BCUT2D eigenvalue weighted by Crippen LogP contribution is -2.47. The molecular formula is C17H22ClN3O2S. The standard InChI is InChI=1S/C17H21N3O2S.ClH/c1-11-7-12-3-2-4-16(17(12)18-10-11)23(21,22)20-15-8-13-5-6-14(9-15)19-13;/h2-4,7,10,13-15,19-20H,5-6,8-9H2,1H3;1H. The number of sulfonamides is 1. The molecule has 2 aliphatic rings. The average Bonchev–Trinajstić information content (AvgIpc) is 2.84. The van der Waals surface area contributed by atoms with Crippen LogP contribution in [0.25, 0.3) is 10.9 Å². The van der Waals surface area contributed by atoms with Gasteiger partial charge in [0.1, 0.15) is 4.90 Å². The molecule has 2 N–H and O–H groups in total. The summed E-state index contributed by atoms with van der Waals surface area (Å²) in [5, 5.41) is 4.39. The van der Waals surface area contributed by atoms with Gasteiger partial charge in [-0.3, -0.25) is 4.98 Å². The van der Waals surface area contributed by atoms with Crippen molar-refractivity contribution in [1.82, 2.24) is 15.0 Å². The van der Waals surface area contributed by atoms with Gasteiger partial charge in [0, 0.05) is 29.7 Å². The topological polar surface area (TPSA) is 71.1 Å². The Morgan fingerprint density at radius 2 is 1.92 bits per heavy atom. The number of hydrogen-bond acceptors (Lipinski definition) is 4. The predicted molar refractivity (Wildman–Crippen MR) is 97.0 cm³/mol. The van der Waals surface area contributed by atoms with Crippen LogP contribution in [0.15, 0.2) is 35.4 Å². The Morgan fingerprint density at radius 1 is 1.21 bits per heavy atom. The molecule has 1 aromatic carbocycles. The fourth-order valence-corrected chi connectivity index (χ4v) is 5.34. The molecule has 0 saturated carbocycles. The van der Waals surface area contributed by atoms with Crippen LogP contribution in [0.1, 0.15) is 31.2 Å². The van der Waals surface area contributed by atoms with Crippen molar-refractivity contribution in [2.45, 2.75) is 55.6 Å². The Bertz CT molecular complexity index is 844. The minimum Gasteiger partial charge on any atom is -0.311 e. The van der Waals surface area contributed by atoms with Crippen LogP contribution in [0.2, 0.25) is 0 Å². The monoisotopic (exact) mass is 367 g/mol. The third-order valence-corrected chi connectivity index (χ3v) is 6.45. The van der Waals surface area contributed by atoms with Crippen molar-refractivity contribution in [1.29, 1.82) is 0 Å². The summed E-state index contributed by atoms with van der Waals surface area (Å²) >= 11 is 0. The number of aryl methyl sites for hydroxylation is 1. The number of pyridine rings is 1. The van der Waals surface area contributed by atoms with Crippen LogP contribution in [0.3, 0.4) is 0 Å². The molecule has 2 atom stereocenters. The van der Waals surface area contributed by atoms with Gasteiger partial charge in [-0.25, -0.2) is 13.1 Å². The first-order valence-corrected chi connectivity index (χ1v) is 9.63. The van der Waals surface area contributed by atoms with Gasteiger partial charge < -0.3 is 5.32 Å². The number of para-hydroxylation sites is 1. The number of piperidine rings is 1. The first kappa shape index (κ1) is 17.6. The van der Waals surface area contributed by atoms with Crippen molar-refractivity contribution >= 4 is 33.3 Å². The maximum Gasteiger partial charge on any atom is 0.242 e. The van der Waals surface area contributed by atoms with Gasteiger partial charge in [0.2, 0.25) is 10.0 Å². The van der Waals surface area contributed by atoms with Crippen LogP contribution in [0.5, 0.6) is 0 Å². The Kier molecular flexibility index (Phi) is 4.84. The van der Waals surface area contributed by atoms with E-state index in [0.29, 0.717) is 17.6 Å². The van der Waals surface area contributed by atoms with Gasteiger partial charge in [0.05, 0.1) is 5.52 Å². The highest BCUT2D eigenvalue weighted by molar-refractivity contribution is 7.89. The smallest absolute Gasteiger partial charge is 0.242 e. The Labute approximate surface area is 148 Å². The molecule has 0 amide bonds. The highest BCUT2D eigenvalue weighted by Crippen LogP contribution is 2.28. The summed E-state index contributed by atoms with van der Waals surface area (Å²) in [6, 6.07) is 8.21. The number of rotatable bonds is 3. The highest BCUT2D eigenvalue weighted by atomic mass is 35.5. The molecule has 4 rings (SSSR count). The molecule has 7 heteroatoms. The van der Waals surface area contributed by atoms with E-state index in [1.807, 2.05) is 19.1 Å². The summed E-state index contributed by atoms with van der Waals surface area (Å²) in [4.78, 5) is 4.63. The molecular weight excluding hydrogens is 346 g/mol. The second-order valence-electron chi connectivity index (χ2n) is 6.77. The predicted octanol–water partition coefficient (Wildman–Crippen LogP) is 2.53. The van der Waals surface area contributed by atoms with Crippen LogP contribution >= 0.6 is 12.4 Å². The largest absolute Gasteiger partial charge is 0.311 e. The summed E-state index contributed by atoms with van der Waals surface area (Å²) < 4.78 is 28.6. The Hall–Kier alpha value is -1.21. The zero-order valence-corrected chi connectivity index (χ0v) is 15.2.